The maximum absolute atomic E-state index is 11.2. The maximum Gasteiger partial charge on any atom is 0.336 e. The van der Waals surface area contributed by atoms with E-state index in [0.29, 0.717) is 11.3 Å². The molecule has 0 atom stereocenters. The number of nitrogens with one attached hydrogen (secondary N) is 1. The number of hydrazone groups is 1. The molecule has 2 N–H and O–H groups in total. The number of carboxylic acid groups (broad SMARTS) is 1. The lowest BCUT2D eigenvalue weighted by atomic mass is 10.1. The van der Waals surface area contributed by atoms with Crippen molar-refractivity contribution in [2.24, 2.45) is 5.10 Å². The molecule has 0 aliphatic heterocycles. The van der Waals surface area contributed by atoms with Crippen LogP contribution in [-0.2, 0) is 0 Å². The second-order valence-electron chi connectivity index (χ2n) is 5.16. The molecule has 0 fully saturated rings. The molecule has 0 unspecified atom stereocenters. The summed E-state index contributed by atoms with van der Waals surface area (Å²) in [5, 5.41) is 20.9. The topological polar surface area (TPSA) is 110 Å². The summed E-state index contributed by atoms with van der Waals surface area (Å²) in [7, 11) is 1.60. The molecule has 0 aliphatic carbocycles. The van der Waals surface area contributed by atoms with Gasteiger partial charge in [-0.05, 0) is 30.3 Å². The van der Waals surface area contributed by atoms with E-state index in [1.54, 1.807) is 25.3 Å². The van der Waals surface area contributed by atoms with Gasteiger partial charge in [0, 0.05) is 11.1 Å². The third-order valence-electron chi connectivity index (χ3n) is 3.50. The van der Waals surface area contributed by atoms with Gasteiger partial charge in [-0.25, -0.2) is 15.2 Å². The van der Waals surface area contributed by atoms with E-state index in [1.807, 2.05) is 24.3 Å². The van der Waals surface area contributed by atoms with Crippen LogP contribution in [0.3, 0.4) is 0 Å². The van der Waals surface area contributed by atoms with Gasteiger partial charge in [0.25, 0.3) is 5.95 Å². The van der Waals surface area contributed by atoms with Crippen molar-refractivity contribution >= 4 is 18.1 Å². The predicted octanol–water partition coefficient (Wildman–Crippen LogP) is 2.69. The molecule has 8 heteroatoms. The molecule has 0 bridgehead atoms. The van der Waals surface area contributed by atoms with Crippen LogP contribution < -0.4 is 10.2 Å². The van der Waals surface area contributed by atoms with Crippen LogP contribution in [0, 0.1) is 0 Å². The Balaban J connectivity index is 1.76. The van der Waals surface area contributed by atoms with Crippen molar-refractivity contribution in [1.82, 2.24) is 15.2 Å². The molecular formula is C18H15N5O3. The molecule has 0 amide bonds. The fourth-order valence-corrected chi connectivity index (χ4v) is 2.22. The van der Waals surface area contributed by atoms with E-state index < -0.39 is 5.97 Å². The van der Waals surface area contributed by atoms with E-state index in [0.717, 1.165) is 11.3 Å². The maximum atomic E-state index is 11.2. The number of aromatic nitrogens is 3. The Morgan fingerprint density at radius 2 is 1.96 bits per heavy atom. The van der Waals surface area contributed by atoms with Crippen LogP contribution in [0.1, 0.15) is 15.9 Å². The lowest BCUT2D eigenvalue weighted by Crippen LogP contribution is -2.03. The van der Waals surface area contributed by atoms with Gasteiger partial charge in [-0.3, -0.25) is 0 Å². The Morgan fingerprint density at radius 1 is 1.19 bits per heavy atom. The van der Waals surface area contributed by atoms with Gasteiger partial charge >= 0.3 is 5.97 Å². The second-order valence-corrected chi connectivity index (χ2v) is 5.16. The third-order valence-corrected chi connectivity index (χ3v) is 3.50. The van der Waals surface area contributed by atoms with E-state index in [-0.39, 0.29) is 11.5 Å². The zero-order valence-electron chi connectivity index (χ0n) is 13.8. The molecule has 130 valence electrons. The van der Waals surface area contributed by atoms with E-state index in [9.17, 15) is 4.79 Å². The first-order chi connectivity index (χ1) is 12.7. The molecule has 26 heavy (non-hydrogen) atoms. The summed E-state index contributed by atoms with van der Waals surface area (Å²) in [4.78, 5) is 15.5. The molecule has 3 aromatic rings. The minimum atomic E-state index is -1.02. The highest BCUT2D eigenvalue weighted by atomic mass is 16.5. The number of hydrogen-bond acceptors (Lipinski definition) is 7. The van der Waals surface area contributed by atoms with Crippen molar-refractivity contribution in [3.63, 3.8) is 0 Å². The lowest BCUT2D eigenvalue weighted by molar-refractivity contribution is 0.0697. The van der Waals surface area contributed by atoms with Gasteiger partial charge in [-0.2, -0.15) is 10.2 Å². The SMILES string of the molecule is COc1ccc(-c2cnnc(NN=Cc3ccccc3C(=O)O)n2)cc1. The number of hydrogen-bond donors (Lipinski definition) is 2. The number of carboxylic acids is 1. The zero-order valence-corrected chi connectivity index (χ0v) is 13.8. The van der Waals surface area contributed by atoms with Crippen LogP contribution in [0.5, 0.6) is 5.75 Å². The number of benzene rings is 2. The molecule has 3 rings (SSSR count). The van der Waals surface area contributed by atoms with Crippen molar-refractivity contribution in [2.75, 3.05) is 12.5 Å². The summed E-state index contributed by atoms with van der Waals surface area (Å²) in [5.41, 5.74) is 4.75. The summed E-state index contributed by atoms with van der Waals surface area (Å²) in [6, 6.07) is 13.9. The molecule has 1 heterocycles. The number of rotatable bonds is 6. The summed E-state index contributed by atoms with van der Waals surface area (Å²) in [5.74, 6) is -0.0790. The van der Waals surface area contributed by atoms with Crippen LogP contribution in [0.4, 0.5) is 5.95 Å². The minimum Gasteiger partial charge on any atom is -0.497 e. The molecule has 8 nitrogen and oxygen atoms in total. The van der Waals surface area contributed by atoms with Crippen molar-refractivity contribution < 1.29 is 14.6 Å². The Labute approximate surface area is 149 Å². The first-order valence-electron chi connectivity index (χ1n) is 7.63. The van der Waals surface area contributed by atoms with Crippen LogP contribution in [0.15, 0.2) is 59.8 Å². The number of aromatic carboxylic acids is 1. The molecule has 0 radical (unpaired) electrons. The molecule has 0 saturated heterocycles. The largest absolute Gasteiger partial charge is 0.497 e. The van der Waals surface area contributed by atoms with Crippen LogP contribution >= 0.6 is 0 Å². The van der Waals surface area contributed by atoms with Crippen molar-refractivity contribution in [1.29, 1.82) is 0 Å². The van der Waals surface area contributed by atoms with Gasteiger partial charge in [0.2, 0.25) is 0 Å². The lowest BCUT2D eigenvalue weighted by Gasteiger charge is -2.04. The Morgan fingerprint density at radius 3 is 2.69 bits per heavy atom. The monoisotopic (exact) mass is 349 g/mol. The molecular weight excluding hydrogens is 334 g/mol. The summed E-state index contributed by atoms with van der Waals surface area (Å²) in [6.07, 6.45) is 2.93. The third kappa shape index (κ3) is 3.99. The van der Waals surface area contributed by atoms with Crippen LogP contribution in [-0.4, -0.2) is 39.6 Å². The standard InChI is InChI=1S/C18H15N5O3/c1-26-14-8-6-12(7-9-14)16-11-20-23-18(21-16)22-19-10-13-4-2-3-5-15(13)17(24)25/h2-11H,1H3,(H,24,25)(H,21,22,23). The van der Waals surface area contributed by atoms with Gasteiger partial charge in [-0.1, -0.05) is 18.2 Å². The summed E-state index contributed by atoms with van der Waals surface area (Å²) in [6.45, 7) is 0. The van der Waals surface area contributed by atoms with Crippen molar-refractivity contribution in [3.8, 4) is 17.0 Å². The molecule has 0 spiro atoms. The fraction of sp³-hybridized carbons (Fsp3) is 0.0556. The molecule has 0 aliphatic rings. The first kappa shape index (κ1) is 17.0. The Bertz CT molecular complexity index is 942. The van der Waals surface area contributed by atoms with Gasteiger partial charge < -0.3 is 9.84 Å². The van der Waals surface area contributed by atoms with Crippen molar-refractivity contribution in [2.45, 2.75) is 0 Å². The van der Waals surface area contributed by atoms with Crippen LogP contribution in [0.2, 0.25) is 0 Å². The van der Waals surface area contributed by atoms with Gasteiger partial charge in [0.15, 0.2) is 0 Å². The predicted molar refractivity (Wildman–Crippen MR) is 96.4 cm³/mol. The number of methoxy groups -OCH3 is 1. The van der Waals surface area contributed by atoms with Gasteiger partial charge in [-0.15, -0.1) is 5.10 Å². The highest BCUT2D eigenvalue weighted by Crippen LogP contribution is 2.20. The molecule has 1 aromatic heterocycles. The minimum absolute atomic E-state index is 0.157. The van der Waals surface area contributed by atoms with E-state index in [1.165, 1.54) is 18.5 Å². The van der Waals surface area contributed by atoms with Gasteiger partial charge in [0.1, 0.15) is 5.75 Å². The zero-order chi connectivity index (χ0) is 18.4. The highest BCUT2D eigenvalue weighted by molar-refractivity contribution is 5.98. The number of ether oxygens (including phenoxy) is 1. The van der Waals surface area contributed by atoms with E-state index in [4.69, 9.17) is 9.84 Å². The van der Waals surface area contributed by atoms with Crippen molar-refractivity contribution in [3.05, 3.63) is 65.9 Å². The number of nitrogens with zero attached hydrogens (tertiary/aromatic N) is 4. The Kier molecular flexibility index (Phi) is 5.14. The molecule has 2 aromatic carbocycles. The second kappa shape index (κ2) is 7.84. The smallest absolute Gasteiger partial charge is 0.336 e. The van der Waals surface area contributed by atoms with Crippen LogP contribution in [0.25, 0.3) is 11.3 Å². The number of carbonyl (C=O) groups is 1. The van der Waals surface area contributed by atoms with E-state index in [2.05, 4.69) is 25.7 Å². The highest BCUT2D eigenvalue weighted by Gasteiger charge is 2.07. The quantitative estimate of drug-likeness (QED) is 0.520. The average molecular weight is 349 g/mol. The number of anilines is 1. The Hall–Kier alpha value is -3.81. The summed E-state index contributed by atoms with van der Waals surface area (Å²) < 4.78 is 5.13. The molecule has 0 saturated carbocycles. The van der Waals surface area contributed by atoms with E-state index >= 15 is 0 Å². The summed E-state index contributed by atoms with van der Waals surface area (Å²) >= 11 is 0. The average Bonchev–Trinajstić information content (AvgIpc) is 2.68. The van der Waals surface area contributed by atoms with Gasteiger partial charge in [0.05, 0.1) is 30.8 Å². The normalized spacial score (nSPS) is 10.7. The fourth-order valence-electron chi connectivity index (χ4n) is 2.22. The first-order valence-corrected chi connectivity index (χ1v) is 7.63.